The third-order valence-corrected chi connectivity index (χ3v) is 10.9. The maximum atomic E-state index is 5.45. The van der Waals surface area contributed by atoms with E-state index in [1.165, 1.54) is 47.5 Å². The molecule has 10 rings (SSSR count). The van der Waals surface area contributed by atoms with Gasteiger partial charge in [0, 0.05) is 47.8 Å². The summed E-state index contributed by atoms with van der Waals surface area (Å²) in [4.78, 5) is 15.6. The molecule has 0 N–H and O–H groups in total. The fraction of sp³-hybridized carbons (Fsp3) is 0. The zero-order valence-corrected chi connectivity index (χ0v) is 28.3. The molecule has 0 spiro atoms. The summed E-state index contributed by atoms with van der Waals surface area (Å²) in [7, 11) is 0. The molecule has 0 aliphatic carbocycles. The minimum Gasteiger partial charge on any atom is -0.247 e. The molecule has 0 unspecified atom stereocenters. The van der Waals surface area contributed by atoms with Gasteiger partial charge in [-0.2, -0.15) is 0 Å². The number of benzene rings is 7. The molecule has 10 aromatic rings. The molecule has 0 saturated heterocycles. The van der Waals surface area contributed by atoms with Gasteiger partial charge in [-0.05, 0) is 40.1 Å². The Morgan fingerprint density at radius 2 is 1.00 bits per heavy atom. The van der Waals surface area contributed by atoms with Gasteiger partial charge in [-0.3, -0.25) is 0 Å². The van der Waals surface area contributed by atoms with Crippen LogP contribution in [0.5, 0.6) is 0 Å². The third-order valence-electron chi connectivity index (χ3n) is 9.69. The van der Waals surface area contributed by atoms with E-state index in [1.807, 2.05) is 47.7 Å². The minimum atomic E-state index is 0.694. The summed E-state index contributed by atoms with van der Waals surface area (Å²) in [6, 6.07) is 61.8. The first-order valence-corrected chi connectivity index (χ1v) is 17.9. The molecule has 0 amide bonds. The number of fused-ring (bicyclic) bond motifs is 6. The van der Waals surface area contributed by atoms with Crippen molar-refractivity contribution in [2.75, 3.05) is 0 Å². The SMILES string of the molecule is c1ccc(-c2cc(-c3ccccc3)nc(-c3ccc(-c4nc5cc(-c6cccc7ccccc67)ccc5c5sc6ccccc6c45)cc3)n2)cc1. The molecule has 0 radical (unpaired) electrons. The van der Waals surface area contributed by atoms with Gasteiger partial charge in [-0.15, -0.1) is 11.3 Å². The van der Waals surface area contributed by atoms with Crippen LogP contribution in [0, 0.1) is 0 Å². The van der Waals surface area contributed by atoms with E-state index in [0.717, 1.165) is 44.9 Å². The lowest BCUT2D eigenvalue weighted by Crippen LogP contribution is -1.96. The largest absolute Gasteiger partial charge is 0.247 e. The molecule has 3 aromatic heterocycles. The van der Waals surface area contributed by atoms with Crippen LogP contribution in [0.25, 0.3) is 98.1 Å². The standard InChI is InChI=1S/C47H29N3S/c1-3-13-31(14-4-1)40-29-41(32-15-5-2-6-16-32)50-47(49-40)34-24-22-33(23-25-34)45-44-39-19-9-10-21-43(39)51-46(44)38-27-26-35(28-42(38)48-45)37-20-11-17-30-12-7-8-18-36(30)37/h1-29H. The minimum absolute atomic E-state index is 0.694. The zero-order valence-electron chi connectivity index (χ0n) is 27.5. The molecule has 3 nitrogen and oxygen atoms in total. The fourth-order valence-electron chi connectivity index (χ4n) is 7.18. The van der Waals surface area contributed by atoms with Crippen LogP contribution < -0.4 is 0 Å². The van der Waals surface area contributed by atoms with E-state index in [2.05, 4.69) is 140 Å². The lowest BCUT2D eigenvalue weighted by atomic mass is 9.96. The predicted molar refractivity (Wildman–Crippen MR) is 215 cm³/mol. The molecule has 0 fully saturated rings. The molecule has 0 atom stereocenters. The van der Waals surface area contributed by atoms with E-state index >= 15 is 0 Å². The summed E-state index contributed by atoms with van der Waals surface area (Å²) in [5.41, 5.74) is 10.3. The normalized spacial score (nSPS) is 11.5. The third kappa shape index (κ3) is 5.16. The monoisotopic (exact) mass is 667 g/mol. The number of aromatic nitrogens is 3. The van der Waals surface area contributed by atoms with Gasteiger partial charge in [0.15, 0.2) is 5.82 Å². The molecule has 0 saturated carbocycles. The van der Waals surface area contributed by atoms with E-state index in [-0.39, 0.29) is 0 Å². The molecule has 4 heteroatoms. The summed E-state index contributed by atoms with van der Waals surface area (Å²) in [5.74, 6) is 0.694. The van der Waals surface area contributed by atoms with Crippen LogP contribution in [-0.2, 0) is 0 Å². The van der Waals surface area contributed by atoms with Crippen LogP contribution >= 0.6 is 11.3 Å². The summed E-state index contributed by atoms with van der Waals surface area (Å²) in [5, 5.41) is 6.08. The Balaban J connectivity index is 1.14. The topological polar surface area (TPSA) is 38.7 Å². The molecule has 0 aliphatic rings. The lowest BCUT2D eigenvalue weighted by molar-refractivity contribution is 1.18. The molecule has 238 valence electrons. The molecule has 7 aromatic carbocycles. The van der Waals surface area contributed by atoms with E-state index in [0.29, 0.717) is 5.82 Å². The van der Waals surface area contributed by atoms with Crippen LogP contribution in [0.2, 0.25) is 0 Å². The van der Waals surface area contributed by atoms with Gasteiger partial charge >= 0.3 is 0 Å². The Hall–Kier alpha value is -6.49. The van der Waals surface area contributed by atoms with Crippen molar-refractivity contribution in [2.45, 2.75) is 0 Å². The van der Waals surface area contributed by atoms with Gasteiger partial charge < -0.3 is 0 Å². The highest BCUT2D eigenvalue weighted by molar-refractivity contribution is 7.26. The number of hydrogen-bond acceptors (Lipinski definition) is 4. The Kier molecular flexibility index (Phi) is 7.00. The predicted octanol–water partition coefficient (Wildman–Crippen LogP) is 12.9. The van der Waals surface area contributed by atoms with Crippen LogP contribution in [-0.4, -0.2) is 15.0 Å². The first kappa shape index (κ1) is 29.4. The summed E-state index contributed by atoms with van der Waals surface area (Å²) in [6.07, 6.45) is 0. The number of nitrogens with zero attached hydrogens (tertiary/aromatic N) is 3. The van der Waals surface area contributed by atoms with Crippen LogP contribution in [0.4, 0.5) is 0 Å². The summed E-state index contributed by atoms with van der Waals surface area (Å²) >= 11 is 1.84. The van der Waals surface area contributed by atoms with Crippen molar-refractivity contribution >= 4 is 53.2 Å². The Labute approximate surface area is 299 Å². The first-order valence-electron chi connectivity index (χ1n) is 17.1. The smallest absolute Gasteiger partial charge is 0.160 e. The molecule has 0 aliphatic heterocycles. The van der Waals surface area contributed by atoms with Crippen molar-refractivity contribution in [2.24, 2.45) is 0 Å². The van der Waals surface area contributed by atoms with Gasteiger partial charge in [-0.1, -0.05) is 158 Å². The number of pyridine rings is 1. The quantitative estimate of drug-likeness (QED) is 0.183. The number of hydrogen-bond donors (Lipinski definition) is 0. The van der Waals surface area contributed by atoms with Gasteiger partial charge in [0.1, 0.15) is 0 Å². The fourth-order valence-corrected chi connectivity index (χ4v) is 8.42. The number of rotatable bonds is 5. The van der Waals surface area contributed by atoms with Gasteiger partial charge in [0.2, 0.25) is 0 Å². The molecule has 3 heterocycles. The van der Waals surface area contributed by atoms with Crippen LogP contribution in [0.3, 0.4) is 0 Å². The van der Waals surface area contributed by atoms with Crippen molar-refractivity contribution in [3.8, 4) is 56.3 Å². The van der Waals surface area contributed by atoms with E-state index in [1.54, 1.807) is 0 Å². The van der Waals surface area contributed by atoms with E-state index < -0.39 is 0 Å². The van der Waals surface area contributed by atoms with Crippen molar-refractivity contribution in [1.82, 2.24) is 15.0 Å². The lowest BCUT2D eigenvalue weighted by Gasteiger charge is -2.12. The molecular formula is C47H29N3S. The highest BCUT2D eigenvalue weighted by Crippen LogP contribution is 2.44. The van der Waals surface area contributed by atoms with Crippen molar-refractivity contribution in [1.29, 1.82) is 0 Å². The molecule has 0 bridgehead atoms. The van der Waals surface area contributed by atoms with E-state index in [4.69, 9.17) is 15.0 Å². The molecular weight excluding hydrogens is 639 g/mol. The Morgan fingerprint density at radius 1 is 0.392 bits per heavy atom. The maximum absolute atomic E-state index is 5.45. The summed E-state index contributed by atoms with van der Waals surface area (Å²) < 4.78 is 2.52. The van der Waals surface area contributed by atoms with Crippen molar-refractivity contribution < 1.29 is 0 Å². The average molecular weight is 668 g/mol. The Bertz CT molecular complexity index is 2830. The molecule has 51 heavy (non-hydrogen) atoms. The van der Waals surface area contributed by atoms with Gasteiger partial charge in [0.25, 0.3) is 0 Å². The Morgan fingerprint density at radius 3 is 1.75 bits per heavy atom. The first-order chi connectivity index (χ1) is 25.3. The summed E-state index contributed by atoms with van der Waals surface area (Å²) in [6.45, 7) is 0. The van der Waals surface area contributed by atoms with Crippen LogP contribution in [0.15, 0.2) is 176 Å². The van der Waals surface area contributed by atoms with Gasteiger partial charge in [0.05, 0.1) is 22.6 Å². The second-order valence-corrected chi connectivity index (χ2v) is 13.8. The van der Waals surface area contributed by atoms with Crippen molar-refractivity contribution in [3.63, 3.8) is 0 Å². The highest BCUT2D eigenvalue weighted by Gasteiger charge is 2.18. The second kappa shape index (κ2) is 12.1. The second-order valence-electron chi connectivity index (χ2n) is 12.8. The highest BCUT2D eigenvalue weighted by atomic mass is 32.1. The maximum Gasteiger partial charge on any atom is 0.160 e. The van der Waals surface area contributed by atoms with Crippen molar-refractivity contribution in [3.05, 3.63) is 176 Å². The van der Waals surface area contributed by atoms with Crippen LogP contribution in [0.1, 0.15) is 0 Å². The van der Waals surface area contributed by atoms with E-state index in [9.17, 15) is 0 Å². The van der Waals surface area contributed by atoms with Gasteiger partial charge in [-0.25, -0.2) is 15.0 Å². The number of thiophene rings is 1. The average Bonchev–Trinajstić information content (AvgIpc) is 3.61. The zero-order chi connectivity index (χ0) is 33.7.